The maximum atomic E-state index is 13.1. The molecule has 0 aliphatic carbocycles. The molecule has 0 aliphatic heterocycles. The van der Waals surface area contributed by atoms with Crippen molar-refractivity contribution >= 4 is 23.4 Å². The van der Waals surface area contributed by atoms with Crippen molar-refractivity contribution < 1.29 is 9.18 Å². The standard InChI is InChI=1S/C20H18FN3OS/c1-13-5-3-4-6-17(13)23-18(25)12-26-19-11-14(2)22-20(24-19)15-7-9-16(21)10-8-15/h3-11H,12H2,1-2H3,(H,23,25). The molecule has 4 nitrogen and oxygen atoms in total. The molecule has 26 heavy (non-hydrogen) atoms. The normalized spacial score (nSPS) is 10.6. The second-order valence-corrected chi connectivity index (χ2v) is 6.83. The fraction of sp³-hybridized carbons (Fsp3) is 0.150. The third-order valence-electron chi connectivity index (χ3n) is 3.70. The number of nitrogens with zero attached hydrogens (tertiary/aromatic N) is 2. The summed E-state index contributed by atoms with van der Waals surface area (Å²) in [5.41, 5.74) is 3.36. The molecule has 1 aromatic heterocycles. The summed E-state index contributed by atoms with van der Waals surface area (Å²) in [5, 5.41) is 3.61. The average molecular weight is 367 g/mol. The lowest BCUT2D eigenvalue weighted by Crippen LogP contribution is -2.15. The maximum Gasteiger partial charge on any atom is 0.234 e. The Hall–Kier alpha value is -2.73. The fourth-order valence-corrected chi connectivity index (χ4v) is 3.14. The van der Waals surface area contributed by atoms with Gasteiger partial charge in [0.05, 0.1) is 5.75 Å². The Labute approximate surface area is 155 Å². The van der Waals surface area contributed by atoms with Crippen LogP contribution >= 0.6 is 11.8 Å². The van der Waals surface area contributed by atoms with Crippen LogP contribution in [0.2, 0.25) is 0 Å². The van der Waals surface area contributed by atoms with Gasteiger partial charge in [-0.25, -0.2) is 14.4 Å². The summed E-state index contributed by atoms with van der Waals surface area (Å²) < 4.78 is 13.1. The molecule has 1 heterocycles. The smallest absolute Gasteiger partial charge is 0.234 e. The molecule has 0 spiro atoms. The van der Waals surface area contributed by atoms with Crippen LogP contribution in [-0.2, 0) is 4.79 Å². The number of aromatic nitrogens is 2. The van der Waals surface area contributed by atoms with Gasteiger partial charge in [-0.2, -0.15) is 0 Å². The van der Waals surface area contributed by atoms with E-state index in [1.807, 2.05) is 44.2 Å². The van der Waals surface area contributed by atoms with Gasteiger partial charge in [0, 0.05) is 16.9 Å². The van der Waals surface area contributed by atoms with E-state index < -0.39 is 0 Å². The van der Waals surface area contributed by atoms with Gasteiger partial charge in [0.25, 0.3) is 0 Å². The summed E-state index contributed by atoms with van der Waals surface area (Å²) in [6.45, 7) is 3.82. The number of rotatable bonds is 5. The van der Waals surface area contributed by atoms with Crippen molar-refractivity contribution in [3.8, 4) is 11.4 Å². The number of carbonyl (C=O) groups is 1. The molecular weight excluding hydrogens is 349 g/mol. The van der Waals surface area contributed by atoms with Gasteiger partial charge in [0.15, 0.2) is 5.82 Å². The molecule has 0 fully saturated rings. The second-order valence-electron chi connectivity index (χ2n) is 5.83. The van der Waals surface area contributed by atoms with Crippen LogP contribution in [0.1, 0.15) is 11.3 Å². The topological polar surface area (TPSA) is 54.9 Å². The highest BCUT2D eigenvalue weighted by Crippen LogP contribution is 2.22. The second kappa shape index (κ2) is 8.10. The molecular formula is C20H18FN3OS. The van der Waals surface area contributed by atoms with Gasteiger partial charge >= 0.3 is 0 Å². The Kier molecular flexibility index (Phi) is 5.63. The largest absolute Gasteiger partial charge is 0.325 e. The van der Waals surface area contributed by atoms with E-state index in [1.165, 1.54) is 23.9 Å². The van der Waals surface area contributed by atoms with Gasteiger partial charge in [-0.05, 0) is 55.8 Å². The molecule has 0 saturated carbocycles. The first kappa shape index (κ1) is 18.1. The number of hydrogen-bond donors (Lipinski definition) is 1. The first-order chi connectivity index (χ1) is 12.5. The van der Waals surface area contributed by atoms with E-state index in [0.717, 1.165) is 22.5 Å². The molecule has 0 unspecified atom stereocenters. The highest BCUT2D eigenvalue weighted by molar-refractivity contribution is 7.99. The Morgan fingerprint density at radius 1 is 1.08 bits per heavy atom. The zero-order valence-corrected chi connectivity index (χ0v) is 15.3. The molecule has 0 radical (unpaired) electrons. The van der Waals surface area contributed by atoms with E-state index in [1.54, 1.807) is 12.1 Å². The third kappa shape index (κ3) is 4.67. The zero-order chi connectivity index (χ0) is 18.5. The van der Waals surface area contributed by atoms with Crippen LogP contribution in [0.3, 0.4) is 0 Å². The van der Waals surface area contributed by atoms with Gasteiger partial charge in [-0.15, -0.1) is 0 Å². The minimum atomic E-state index is -0.302. The summed E-state index contributed by atoms with van der Waals surface area (Å²) in [7, 11) is 0. The van der Waals surface area contributed by atoms with Crippen LogP contribution in [-0.4, -0.2) is 21.6 Å². The lowest BCUT2D eigenvalue weighted by molar-refractivity contribution is -0.113. The number of thioether (sulfide) groups is 1. The molecule has 1 N–H and O–H groups in total. The van der Waals surface area contributed by atoms with Crippen LogP contribution < -0.4 is 5.32 Å². The number of hydrogen-bond acceptors (Lipinski definition) is 4. The number of halogens is 1. The molecule has 1 amide bonds. The van der Waals surface area contributed by atoms with Crippen molar-refractivity contribution in [1.82, 2.24) is 9.97 Å². The zero-order valence-electron chi connectivity index (χ0n) is 14.5. The summed E-state index contributed by atoms with van der Waals surface area (Å²) >= 11 is 1.34. The van der Waals surface area contributed by atoms with Crippen LogP contribution in [0.15, 0.2) is 59.6 Å². The quantitative estimate of drug-likeness (QED) is 0.528. The lowest BCUT2D eigenvalue weighted by Gasteiger charge is -2.08. The Morgan fingerprint density at radius 2 is 1.81 bits per heavy atom. The van der Waals surface area contributed by atoms with Crippen molar-refractivity contribution in [2.24, 2.45) is 0 Å². The van der Waals surface area contributed by atoms with Crippen LogP contribution in [0.5, 0.6) is 0 Å². The number of para-hydroxylation sites is 1. The van der Waals surface area contributed by atoms with E-state index in [-0.39, 0.29) is 17.5 Å². The van der Waals surface area contributed by atoms with E-state index >= 15 is 0 Å². The summed E-state index contributed by atoms with van der Waals surface area (Å²) in [6.07, 6.45) is 0. The lowest BCUT2D eigenvalue weighted by atomic mass is 10.2. The Morgan fingerprint density at radius 3 is 2.54 bits per heavy atom. The van der Waals surface area contributed by atoms with Crippen molar-refractivity contribution in [3.05, 3.63) is 71.7 Å². The molecule has 3 aromatic rings. The molecule has 0 atom stereocenters. The predicted octanol–water partition coefficient (Wildman–Crippen LogP) is 4.63. The van der Waals surface area contributed by atoms with E-state index in [9.17, 15) is 9.18 Å². The minimum Gasteiger partial charge on any atom is -0.325 e. The van der Waals surface area contributed by atoms with Crippen molar-refractivity contribution in [3.63, 3.8) is 0 Å². The number of anilines is 1. The van der Waals surface area contributed by atoms with Gasteiger partial charge in [-0.1, -0.05) is 30.0 Å². The molecule has 6 heteroatoms. The van der Waals surface area contributed by atoms with Gasteiger partial charge in [0.2, 0.25) is 5.91 Å². The SMILES string of the molecule is Cc1cc(SCC(=O)Nc2ccccc2C)nc(-c2ccc(F)cc2)n1. The van der Waals surface area contributed by atoms with Crippen molar-refractivity contribution in [2.45, 2.75) is 18.9 Å². The first-order valence-corrected chi connectivity index (χ1v) is 9.10. The molecule has 0 saturated heterocycles. The third-order valence-corrected chi connectivity index (χ3v) is 4.61. The molecule has 132 valence electrons. The highest BCUT2D eigenvalue weighted by Gasteiger charge is 2.09. The van der Waals surface area contributed by atoms with E-state index in [4.69, 9.17) is 0 Å². The first-order valence-electron chi connectivity index (χ1n) is 8.11. The van der Waals surface area contributed by atoms with Crippen LogP contribution in [0.25, 0.3) is 11.4 Å². The van der Waals surface area contributed by atoms with E-state index in [0.29, 0.717) is 10.9 Å². The number of benzene rings is 2. The summed E-state index contributed by atoms with van der Waals surface area (Å²) in [4.78, 5) is 21.1. The number of amides is 1. The van der Waals surface area contributed by atoms with E-state index in [2.05, 4.69) is 15.3 Å². The molecule has 0 bridgehead atoms. The molecule has 2 aromatic carbocycles. The highest BCUT2D eigenvalue weighted by atomic mass is 32.2. The van der Waals surface area contributed by atoms with Crippen LogP contribution in [0.4, 0.5) is 10.1 Å². The number of aryl methyl sites for hydroxylation is 2. The average Bonchev–Trinajstić information content (AvgIpc) is 2.62. The van der Waals surface area contributed by atoms with Crippen molar-refractivity contribution in [1.29, 1.82) is 0 Å². The fourth-order valence-electron chi connectivity index (χ4n) is 2.38. The van der Waals surface area contributed by atoms with Crippen LogP contribution in [0, 0.1) is 19.7 Å². The number of carbonyl (C=O) groups excluding carboxylic acids is 1. The predicted molar refractivity (Wildman–Crippen MR) is 103 cm³/mol. The van der Waals surface area contributed by atoms with Gasteiger partial charge < -0.3 is 5.32 Å². The Bertz CT molecular complexity index is 929. The minimum absolute atomic E-state index is 0.0936. The molecule has 0 aliphatic rings. The number of nitrogens with one attached hydrogen (secondary N) is 1. The maximum absolute atomic E-state index is 13.1. The Balaban J connectivity index is 1.69. The molecule has 3 rings (SSSR count). The van der Waals surface area contributed by atoms with Gasteiger partial charge in [-0.3, -0.25) is 4.79 Å². The van der Waals surface area contributed by atoms with Crippen molar-refractivity contribution in [2.75, 3.05) is 11.1 Å². The summed E-state index contributed by atoms with van der Waals surface area (Å²) in [5.74, 6) is 0.368. The summed E-state index contributed by atoms with van der Waals surface area (Å²) in [6, 6.07) is 15.5. The monoisotopic (exact) mass is 367 g/mol. The van der Waals surface area contributed by atoms with Gasteiger partial charge in [0.1, 0.15) is 10.8 Å².